The zero-order valence-corrected chi connectivity index (χ0v) is 15.8. The summed E-state index contributed by atoms with van der Waals surface area (Å²) < 4.78 is 0. The number of carbonyl (C=O) groups excluding carboxylic acids is 2. The zero-order valence-electron chi connectivity index (χ0n) is 15.8. The van der Waals surface area contributed by atoms with Gasteiger partial charge in [-0.15, -0.1) is 0 Å². The van der Waals surface area contributed by atoms with Crippen molar-refractivity contribution in [3.8, 4) is 0 Å². The highest BCUT2D eigenvalue weighted by Crippen LogP contribution is 2.48. The Kier molecular flexibility index (Phi) is 4.61. The van der Waals surface area contributed by atoms with Gasteiger partial charge in [0.15, 0.2) is 0 Å². The molecule has 0 saturated heterocycles. The van der Waals surface area contributed by atoms with Crippen molar-refractivity contribution in [2.24, 2.45) is 5.41 Å². The van der Waals surface area contributed by atoms with Gasteiger partial charge in [0.05, 0.1) is 0 Å². The maximum Gasteiger partial charge on any atom is 0.240 e. The summed E-state index contributed by atoms with van der Waals surface area (Å²) in [5.41, 5.74) is 2.62. The van der Waals surface area contributed by atoms with Crippen LogP contribution in [-0.2, 0) is 15.0 Å². The van der Waals surface area contributed by atoms with Crippen molar-refractivity contribution in [1.29, 1.82) is 0 Å². The fraction of sp³-hybridized carbons (Fsp3) is 0.364. The Balaban J connectivity index is 1.76. The number of amides is 2. The minimum absolute atomic E-state index is 0.0925. The van der Waals surface area contributed by atoms with Gasteiger partial charge in [-0.25, -0.2) is 0 Å². The molecule has 1 aliphatic carbocycles. The first-order valence-corrected chi connectivity index (χ1v) is 9.01. The molecule has 0 bridgehead atoms. The second-order valence-electron chi connectivity index (χ2n) is 8.15. The van der Waals surface area contributed by atoms with Crippen molar-refractivity contribution in [2.75, 3.05) is 10.6 Å². The fourth-order valence-electron chi connectivity index (χ4n) is 3.06. The predicted octanol–water partition coefficient (Wildman–Crippen LogP) is 4.65. The van der Waals surface area contributed by atoms with Crippen LogP contribution in [0.25, 0.3) is 0 Å². The number of aryl methyl sites for hydroxylation is 1. The quantitative estimate of drug-likeness (QED) is 0.789. The van der Waals surface area contributed by atoms with Crippen LogP contribution in [0.15, 0.2) is 48.5 Å². The van der Waals surface area contributed by atoms with Gasteiger partial charge in [0.1, 0.15) is 5.41 Å². The Labute approximate surface area is 155 Å². The van der Waals surface area contributed by atoms with Gasteiger partial charge in [0.25, 0.3) is 0 Å². The number of carbonyl (C=O) groups is 2. The number of nitrogens with one attached hydrogen (secondary N) is 2. The van der Waals surface area contributed by atoms with Gasteiger partial charge in [-0.2, -0.15) is 0 Å². The van der Waals surface area contributed by atoms with E-state index in [-0.39, 0.29) is 17.2 Å². The van der Waals surface area contributed by atoms with Crippen LogP contribution in [0.4, 0.5) is 11.4 Å². The van der Waals surface area contributed by atoms with Crippen LogP contribution in [0.1, 0.15) is 44.7 Å². The monoisotopic (exact) mass is 350 g/mol. The van der Waals surface area contributed by atoms with Crippen molar-refractivity contribution in [1.82, 2.24) is 0 Å². The first-order valence-electron chi connectivity index (χ1n) is 9.01. The molecule has 2 amide bonds. The van der Waals surface area contributed by atoms with Crippen LogP contribution in [0, 0.1) is 12.3 Å². The Morgan fingerprint density at radius 3 is 2.04 bits per heavy atom. The number of rotatable bonds is 4. The zero-order chi connectivity index (χ0) is 18.9. The summed E-state index contributed by atoms with van der Waals surface area (Å²) in [7, 11) is 0. The van der Waals surface area contributed by atoms with Gasteiger partial charge < -0.3 is 10.6 Å². The first-order chi connectivity index (χ1) is 12.2. The number of hydrogen-bond acceptors (Lipinski definition) is 2. The lowest BCUT2D eigenvalue weighted by atomic mass is 9.85. The van der Waals surface area contributed by atoms with Crippen LogP contribution in [0.5, 0.6) is 0 Å². The molecule has 0 atom stereocenters. The van der Waals surface area contributed by atoms with Gasteiger partial charge in [-0.3, -0.25) is 9.59 Å². The van der Waals surface area contributed by atoms with E-state index in [0.717, 1.165) is 22.5 Å². The van der Waals surface area contributed by atoms with Crippen molar-refractivity contribution in [3.63, 3.8) is 0 Å². The number of para-hydroxylation sites is 1. The fourth-order valence-corrected chi connectivity index (χ4v) is 3.06. The van der Waals surface area contributed by atoms with Gasteiger partial charge in [-0.1, -0.05) is 56.7 Å². The molecule has 0 heterocycles. The molecule has 4 nitrogen and oxygen atoms in total. The summed E-state index contributed by atoms with van der Waals surface area (Å²) in [6.45, 7) is 8.31. The van der Waals surface area contributed by atoms with Crippen LogP contribution >= 0.6 is 0 Å². The lowest BCUT2D eigenvalue weighted by Crippen LogP contribution is -2.36. The van der Waals surface area contributed by atoms with E-state index in [9.17, 15) is 9.59 Å². The molecular weight excluding hydrogens is 324 g/mol. The summed E-state index contributed by atoms with van der Waals surface area (Å²) in [6.07, 6.45) is 1.16. The van der Waals surface area contributed by atoms with Gasteiger partial charge >= 0.3 is 0 Å². The smallest absolute Gasteiger partial charge is 0.240 e. The Morgan fingerprint density at radius 1 is 0.885 bits per heavy atom. The third-order valence-electron chi connectivity index (χ3n) is 4.91. The second-order valence-corrected chi connectivity index (χ2v) is 8.15. The molecule has 3 rings (SSSR count). The molecule has 1 fully saturated rings. The van der Waals surface area contributed by atoms with Crippen LogP contribution < -0.4 is 10.6 Å². The van der Waals surface area contributed by atoms with E-state index in [4.69, 9.17) is 0 Å². The maximum absolute atomic E-state index is 12.9. The summed E-state index contributed by atoms with van der Waals surface area (Å²) in [6, 6.07) is 15.4. The average molecular weight is 350 g/mol. The van der Waals surface area contributed by atoms with Crippen molar-refractivity contribution in [3.05, 3.63) is 59.7 Å². The molecule has 2 N–H and O–H groups in total. The summed E-state index contributed by atoms with van der Waals surface area (Å²) in [5, 5.41) is 5.88. The summed E-state index contributed by atoms with van der Waals surface area (Å²) in [5.74, 6) is -0.453. The van der Waals surface area contributed by atoms with Crippen LogP contribution in [-0.4, -0.2) is 11.8 Å². The van der Waals surface area contributed by atoms with Gasteiger partial charge in [0, 0.05) is 11.4 Å². The molecule has 1 aliphatic rings. The molecule has 1 saturated carbocycles. The number of benzene rings is 2. The molecule has 136 valence electrons. The van der Waals surface area contributed by atoms with E-state index in [0.29, 0.717) is 12.8 Å². The molecule has 0 radical (unpaired) electrons. The predicted molar refractivity (Wildman–Crippen MR) is 105 cm³/mol. The van der Waals surface area contributed by atoms with E-state index in [1.807, 2.05) is 55.5 Å². The van der Waals surface area contributed by atoms with Crippen molar-refractivity contribution < 1.29 is 9.59 Å². The van der Waals surface area contributed by atoms with E-state index in [1.54, 1.807) is 0 Å². The largest absolute Gasteiger partial charge is 0.325 e. The molecule has 0 unspecified atom stereocenters. The van der Waals surface area contributed by atoms with Crippen LogP contribution in [0.3, 0.4) is 0 Å². The molecule has 4 heteroatoms. The Bertz CT molecular complexity index is 828. The molecule has 26 heavy (non-hydrogen) atoms. The first kappa shape index (κ1) is 18.2. The van der Waals surface area contributed by atoms with E-state index in [1.165, 1.54) is 0 Å². The minimum Gasteiger partial charge on any atom is -0.325 e. The highest BCUT2D eigenvalue weighted by Gasteiger charge is 2.56. The average Bonchev–Trinajstić information content (AvgIpc) is 3.38. The third kappa shape index (κ3) is 3.64. The summed E-state index contributed by atoms with van der Waals surface area (Å²) >= 11 is 0. The number of hydrogen-bond donors (Lipinski definition) is 2. The lowest BCUT2D eigenvalue weighted by Gasteiger charge is -2.24. The van der Waals surface area contributed by atoms with E-state index < -0.39 is 5.41 Å². The highest BCUT2D eigenvalue weighted by atomic mass is 16.2. The second kappa shape index (κ2) is 6.60. The molecular formula is C22H26N2O2. The van der Waals surface area contributed by atoms with E-state index >= 15 is 0 Å². The highest BCUT2D eigenvalue weighted by molar-refractivity contribution is 6.17. The van der Waals surface area contributed by atoms with Crippen LogP contribution in [0.2, 0.25) is 0 Å². The maximum atomic E-state index is 12.9. The van der Waals surface area contributed by atoms with Crippen molar-refractivity contribution in [2.45, 2.75) is 46.0 Å². The van der Waals surface area contributed by atoms with Gasteiger partial charge in [0.2, 0.25) is 11.8 Å². The van der Waals surface area contributed by atoms with Gasteiger partial charge in [-0.05, 0) is 48.9 Å². The topological polar surface area (TPSA) is 58.2 Å². The Morgan fingerprint density at radius 2 is 1.46 bits per heavy atom. The van der Waals surface area contributed by atoms with Crippen molar-refractivity contribution >= 4 is 23.2 Å². The molecule has 0 aliphatic heterocycles. The lowest BCUT2D eigenvalue weighted by molar-refractivity contribution is -0.131. The SMILES string of the molecule is Cc1ccc(NC(=O)C2(C(=O)Nc3ccccc3C(C)(C)C)CC2)cc1. The molecule has 0 spiro atoms. The summed E-state index contributed by atoms with van der Waals surface area (Å²) in [4.78, 5) is 25.6. The molecule has 0 aromatic heterocycles. The third-order valence-corrected chi connectivity index (χ3v) is 4.91. The normalized spacial score (nSPS) is 15.2. The van der Waals surface area contributed by atoms with E-state index in [2.05, 4.69) is 31.4 Å². The molecule has 2 aromatic carbocycles. The molecule has 2 aromatic rings. The minimum atomic E-state index is -0.962. The standard InChI is InChI=1S/C22H26N2O2/c1-15-9-11-16(12-10-15)23-19(25)22(13-14-22)20(26)24-18-8-6-5-7-17(18)21(2,3)4/h5-12H,13-14H2,1-4H3,(H,23,25)(H,24,26). The Hall–Kier alpha value is -2.62. The number of anilines is 2.